The highest BCUT2D eigenvalue weighted by atomic mass is 16.3. The number of phenolic OH excluding ortho intramolecular Hbond substituents is 2. The molecule has 7 heteroatoms. The minimum atomic E-state index is -0.162. The van der Waals surface area contributed by atoms with Gasteiger partial charge in [0.05, 0.1) is 0 Å². The fourth-order valence-corrected chi connectivity index (χ4v) is 1.28. The Morgan fingerprint density at radius 3 is 1.88 bits per heavy atom. The Balaban J connectivity index is 2.67. The zero-order valence-corrected chi connectivity index (χ0v) is 8.12. The zero-order valence-electron chi connectivity index (χ0n) is 8.12. The monoisotopic (exact) mass is 219 g/mol. The van der Waals surface area contributed by atoms with Crippen molar-refractivity contribution in [2.45, 2.75) is 0 Å². The van der Waals surface area contributed by atoms with E-state index in [1.165, 1.54) is 18.2 Å². The summed E-state index contributed by atoms with van der Waals surface area (Å²) in [4.78, 5) is 11.2. The first kappa shape index (κ1) is 9.97. The van der Waals surface area contributed by atoms with Crippen molar-refractivity contribution in [1.29, 1.82) is 0 Å². The van der Waals surface area contributed by atoms with Crippen molar-refractivity contribution >= 4 is 11.9 Å². The molecule has 0 saturated heterocycles. The van der Waals surface area contributed by atoms with Crippen molar-refractivity contribution in [3.8, 4) is 22.9 Å². The number of anilines is 2. The SMILES string of the molecule is Nc1nc(N)nc(-c2c(O)cccc2O)n1. The summed E-state index contributed by atoms with van der Waals surface area (Å²) in [7, 11) is 0. The van der Waals surface area contributed by atoms with Crippen LogP contribution in [0.5, 0.6) is 11.5 Å². The number of aromatic hydroxyl groups is 2. The molecular formula is C9H9N5O2. The second kappa shape index (κ2) is 3.54. The van der Waals surface area contributed by atoms with E-state index in [9.17, 15) is 10.2 Å². The van der Waals surface area contributed by atoms with Gasteiger partial charge in [0.15, 0.2) is 5.82 Å². The summed E-state index contributed by atoms with van der Waals surface area (Å²) in [6, 6.07) is 4.28. The molecule has 6 N–H and O–H groups in total. The number of benzene rings is 1. The summed E-state index contributed by atoms with van der Waals surface area (Å²) in [5.41, 5.74) is 10.9. The molecule has 0 bridgehead atoms. The molecule has 0 aliphatic carbocycles. The van der Waals surface area contributed by atoms with E-state index in [4.69, 9.17) is 11.5 Å². The lowest BCUT2D eigenvalue weighted by atomic mass is 10.1. The number of nitrogens with zero attached hydrogens (tertiary/aromatic N) is 3. The highest BCUT2D eigenvalue weighted by molar-refractivity contribution is 5.71. The maximum Gasteiger partial charge on any atom is 0.225 e. The van der Waals surface area contributed by atoms with E-state index in [1.54, 1.807) is 0 Å². The zero-order chi connectivity index (χ0) is 11.7. The molecule has 0 fully saturated rings. The lowest BCUT2D eigenvalue weighted by molar-refractivity contribution is 0.453. The average Bonchev–Trinajstić information content (AvgIpc) is 2.15. The van der Waals surface area contributed by atoms with Gasteiger partial charge in [-0.15, -0.1) is 0 Å². The van der Waals surface area contributed by atoms with Gasteiger partial charge in [0.25, 0.3) is 0 Å². The molecule has 0 amide bonds. The van der Waals surface area contributed by atoms with Gasteiger partial charge in [-0.3, -0.25) is 0 Å². The fraction of sp³-hybridized carbons (Fsp3) is 0. The first-order valence-corrected chi connectivity index (χ1v) is 4.36. The van der Waals surface area contributed by atoms with Crippen LogP contribution in [0.1, 0.15) is 0 Å². The van der Waals surface area contributed by atoms with Gasteiger partial charge in [-0.2, -0.15) is 15.0 Å². The average molecular weight is 219 g/mol. The maximum absolute atomic E-state index is 9.58. The first-order valence-electron chi connectivity index (χ1n) is 4.36. The Morgan fingerprint density at radius 2 is 1.38 bits per heavy atom. The summed E-state index contributed by atoms with van der Waals surface area (Å²) in [5, 5.41) is 19.2. The molecule has 0 aliphatic rings. The van der Waals surface area contributed by atoms with E-state index < -0.39 is 0 Å². The topological polar surface area (TPSA) is 131 Å². The minimum absolute atomic E-state index is 0.0283. The fourth-order valence-electron chi connectivity index (χ4n) is 1.28. The van der Waals surface area contributed by atoms with Crippen LogP contribution in [0, 0.1) is 0 Å². The van der Waals surface area contributed by atoms with Crippen molar-refractivity contribution in [2.24, 2.45) is 0 Å². The van der Waals surface area contributed by atoms with Crippen molar-refractivity contribution in [3.05, 3.63) is 18.2 Å². The number of rotatable bonds is 1. The molecule has 7 nitrogen and oxygen atoms in total. The molecular weight excluding hydrogens is 210 g/mol. The molecule has 0 radical (unpaired) electrons. The van der Waals surface area contributed by atoms with Crippen LogP contribution in [-0.2, 0) is 0 Å². The number of hydrogen-bond acceptors (Lipinski definition) is 7. The van der Waals surface area contributed by atoms with E-state index in [0.717, 1.165) is 0 Å². The van der Waals surface area contributed by atoms with E-state index in [0.29, 0.717) is 0 Å². The van der Waals surface area contributed by atoms with Crippen LogP contribution >= 0.6 is 0 Å². The number of hydrogen-bond donors (Lipinski definition) is 4. The Hall–Kier alpha value is -2.57. The summed E-state index contributed by atoms with van der Waals surface area (Å²) in [5.74, 6) is -0.453. The van der Waals surface area contributed by atoms with Gasteiger partial charge in [-0.05, 0) is 12.1 Å². The Bertz CT molecular complexity index is 503. The molecule has 82 valence electrons. The predicted octanol–water partition coefficient (Wildman–Crippen LogP) is 0.114. The van der Waals surface area contributed by atoms with E-state index in [2.05, 4.69) is 15.0 Å². The summed E-state index contributed by atoms with van der Waals surface area (Å²) in [6.07, 6.45) is 0. The van der Waals surface area contributed by atoms with Crippen molar-refractivity contribution in [1.82, 2.24) is 15.0 Å². The second-order valence-electron chi connectivity index (χ2n) is 3.05. The van der Waals surface area contributed by atoms with Crippen LogP contribution in [0.25, 0.3) is 11.4 Å². The molecule has 1 aromatic carbocycles. The molecule has 0 saturated carbocycles. The van der Waals surface area contributed by atoms with Crippen molar-refractivity contribution in [3.63, 3.8) is 0 Å². The summed E-state index contributed by atoms with van der Waals surface area (Å²) < 4.78 is 0. The normalized spacial score (nSPS) is 10.2. The van der Waals surface area contributed by atoms with Crippen LogP contribution < -0.4 is 11.5 Å². The molecule has 0 atom stereocenters. The molecule has 0 unspecified atom stereocenters. The summed E-state index contributed by atoms with van der Waals surface area (Å²) >= 11 is 0. The first-order chi connectivity index (χ1) is 7.58. The largest absolute Gasteiger partial charge is 0.507 e. The lowest BCUT2D eigenvalue weighted by Crippen LogP contribution is -2.04. The predicted molar refractivity (Wildman–Crippen MR) is 57.4 cm³/mol. The van der Waals surface area contributed by atoms with Gasteiger partial charge in [0.2, 0.25) is 11.9 Å². The molecule has 0 aliphatic heterocycles. The third-order valence-corrected chi connectivity index (χ3v) is 1.91. The van der Waals surface area contributed by atoms with Crippen LogP contribution in [0.3, 0.4) is 0 Å². The Morgan fingerprint density at radius 1 is 0.875 bits per heavy atom. The van der Waals surface area contributed by atoms with E-state index in [1.807, 2.05) is 0 Å². The molecule has 2 aromatic rings. The van der Waals surface area contributed by atoms with Crippen LogP contribution in [0.15, 0.2) is 18.2 Å². The minimum Gasteiger partial charge on any atom is -0.507 e. The highest BCUT2D eigenvalue weighted by Crippen LogP contribution is 2.34. The third-order valence-electron chi connectivity index (χ3n) is 1.91. The summed E-state index contributed by atoms with van der Waals surface area (Å²) in [6.45, 7) is 0. The van der Waals surface area contributed by atoms with Crippen molar-refractivity contribution < 1.29 is 10.2 Å². The molecule has 1 aromatic heterocycles. The van der Waals surface area contributed by atoms with Crippen LogP contribution in [0.4, 0.5) is 11.9 Å². The van der Waals surface area contributed by atoms with Crippen LogP contribution in [-0.4, -0.2) is 25.2 Å². The quantitative estimate of drug-likeness (QED) is 0.535. The number of phenols is 2. The van der Waals surface area contributed by atoms with Crippen LogP contribution in [0.2, 0.25) is 0 Å². The molecule has 1 heterocycles. The number of nitrogen functional groups attached to an aromatic ring is 2. The second-order valence-corrected chi connectivity index (χ2v) is 3.05. The molecule has 0 spiro atoms. The molecule has 2 rings (SSSR count). The van der Waals surface area contributed by atoms with E-state index >= 15 is 0 Å². The molecule has 16 heavy (non-hydrogen) atoms. The van der Waals surface area contributed by atoms with Gasteiger partial charge < -0.3 is 21.7 Å². The Kier molecular flexibility index (Phi) is 2.20. The lowest BCUT2D eigenvalue weighted by Gasteiger charge is -2.06. The number of aromatic nitrogens is 3. The van der Waals surface area contributed by atoms with Gasteiger partial charge in [0.1, 0.15) is 17.1 Å². The Labute approximate surface area is 90.4 Å². The van der Waals surface area contributed by atoms with Gasteiger partial charge in [-0.1, -0.05) is 6.07 Å². The van der Waals surface area contributed by atoms with Gasteiger partial charge in [-0.25, -0.2) is 0 Å². The number of nitrogens with two attached hydrogens (primary N) is 2. The van der Waals surface area contributed by atoms with E-state index in [-0.39, 0.29) is 34.8 Å². The highest BCUT2D eigenvalue weighted by Gasteiger charge is 2.14. The standard InChI is InChI=1S/C9H9N5O2/c10-8-12-7(13-9(11)14-8)6-4(15)2-1-3-5(6)16/h1-3,15-16H,(H4,10,11,12,13,14). The third kappa shape index (κ3) is 1.65. The smallest absolute Gasteiger partial charge is 0.225 e. The maximum atomic E-state index is 9.58. The van der Waals surface area contributed by atoms with Gasteiger partial charge in [0, 0.05) is 0 Å². The van der Waals surface area contributed by atoms with Gasteiger partial charge >= 0.3 is 0 Å². The van der Waals surface area contributed by atoms with Crippen molar-refractivity contribution in [2.75, 3.05) is 11.5 Å².